The highest BCUT2D eigenvalue weighted by atomic mass is 32.2. The van der Waals surface area contributed by atoms with Gasteiger partial charge < -0.3 is 35.5 Å². The molecule has 314 valence electrons. The van der Waals surface area contributed by atoms with Crippen LogP contribution in [-0.4, -0.2) is 98.3 Å². The monoisotopic (exact) mass is 823 g/mol. The Morgan fingerprint density at radius 3 is 1.76 bits per heavy atom. The Morgan fingerprint density at radius 1 is 0.678 bits per heavy atom. The molecule has 0 radical (unpaired) electrons. The van der Waals surface area contributed by atoms with Gasteiger partial charge in [0.05, 0.1) is 18.0 Å². The highest BCUT2D eigenvalue weighted by Gasteiger charge is 2.39. The molecule has 0 bridgehead atoms. The Labute approximate surface area is 352 Å². The molecule has 2 atom stereocenters. The van der Waals surface area contributed by atoms with Crippen LogP contribution in [0.5, 0.6) is 0 Å². The molecule has 0 aliphatic carbocycles. The van der Waals surface area contributed by atoms with Crippen molar-refractivity contribution in [3.05, 3.63) is 144 Å². The maximum atomic E-state index is 14.5. The van der Waals surface area contributed by atoms with Crippen molar-refractivity contribution in [2.45, 2.75) is 62.7 Å². The topological polar surface area (TPSA) is 147 Å². The molecule has 0 aromatic heterocycles. The Morgan fingerprint density at radius 2 is 1.22 bits per heavy atom. The normalized spacial score (nSPS) is 14.3. The maximum absolute atomic E-state index is 14.5. The lowest BCUT2D eigenvalue weighted by Crippen LogP contribution is -2.56. The second kappa shape index (κ2) is 22.7. The molecule has 59 heavy (non-hydrogen) atoms. The van der Waals surface area contributed by atoms with E-state index in [9.17, 15) is 19.2 Å². The van der Waals surface area contributed by atoms with E-state index in [0.717, 1.165) is 35.3 Å². The Bertz CT molecular complexity index is 1800. The molecule has 1 saturated heterocycles. The largest absolute Gasteiger partial charge is 0.445 e. The molecule has 0 saturated carbocycles. The minimum atomic E-state index is -1.11. The molecule has 1 aliphatic heterocycles. The van der Waals surface area contributed by atoms with Crippen LogP contribution >= 0.6 is 11.8 Å². The van der Waals surface area contributed by atoms with Gasteiger partial charge in [-0.05, 0) is 55.9 Å². The van der Waals surface area contributed by atoms with E-state index in [2.05, 4.69) is 62.6 Å². The van der Waals surface area contributed by atoms with Crippen molar-refractivity contribution >= 4 is 35.8 Å². The van der Waals surface area contributed by atoms with Crippen molar-refractivity contribution in [2.24, 2.45) is 0 Å². The highest BCUT2D eigenvalue weighted by molar-refractivity contribution is 8.00. The molecule has 4 N–H and O–H groups in total. The number of nitrogens with zero attached hydrogens (tertiary/aromatic N) is 1. The summed E-state index contributed by atoms with van der Waals surface area (Å²) in [5, 5.41) is 11.5. The summed E-state index contributed by atoms with van der Waals surface area (Å²) in [6, 6.07) is 37.5. The van der Waals surface area contributed by atoms with Crippen LogP contribution in [0.4, 0.5) is 9.59 Å². The second-order valence-electron chi connectivity index (χ2n) is 15.2. The molecule has 1 heterocycles. The van der Waals surface area contributed by atoms with Crippen LogP contribution in [0.1, 0.15) is 55.9 Å². The van der Waals surface area contributed by atoms with E-state index in [1.54, 1.807) is 20.8 Å². The van der Waals surface area contributed by atoms with E-state index >= 15 is 0 Å². The highest BCUT2D eigenvalue weighted by Crippen LogP contribution is 2.48. The minimum absolute atomic E-state index is 0.115. The lowest BCUT2D eigenvalue weighted by Gasteiger charge is -2.36. The first-order chi connectivity index (χ1) is 28.5. The quantitative estimate of drug-likeness (QED) is 0.0638. The first-order valence-electron chi connectivity index (χ1n) is 20.2. The summed E-state index contributed by atoms with van der Waals surface area (Å²) in [7, 11) is 0. The van der Waals surface area contributed by atoms with E-state index in [-0.39, 0.29) is 31.2 Å². The smallest absolute Gasteiger partial charge is 0.408 e. The van der Waals surface area contributed by atoms with Crippen LogP contribution < -0.4 is 21.3 Å². The van der Waals surface area contributed by atoms with Crippen molar-refractivity contribution in [3.8, 4) is 0 Å². The summed E-state index contributed by atoms with van der Waals surface area (Å²) in [5.74, 6) is -0.798. The van der Waals surface area contributed by atoms with Crippen LogP contribution in [0.3, 0.4) is 0 Å². The fourth-order valence-corrected chi connectivity index (χ4v) is 8.27. The summed E-state index contributed by atoms with van der Waals surface area (Å²) >= 11 is 1.51. The van der Waals surface area contributed by atoms with Crippen molar-refractivity contribution in [2.75, 3.05) is 51.7 Å². The molecule has 12 nitrogen and oxygen atoms in total. The Balaban J connectivity index is 1.36. The second-order valence-corrected chi connectivity index (χ2v) is 16.5. The number of carbonyl (C=O) groups is 4. The summed E-state index contributed by atoms with van der Waals surface area (Å²) in [5.41, 5.74) is 3.02. The average molecular weight is 824 g/mol. The third kappa shape index (κ3) is 14.2. The van der Waals surface area contributed by atoms with Crippen LogP contribution in [0, 0.1) is 0 Å². The van der Waals surface area contributed by atoms with Crippen LogP contribution in [0.2, 0.25) is 0 Å². The third-order valence-electron chi connectivity index (χ3n) is 9.63. The summed E-state index contributed by atoms with van der Waals surface area (Å²) < 4.78 is 15.6. The first-order valence-corrected chi connectivity index (χ1v) is 21.1. The molecule has 4 aromatic rings. The van der Waals surface area contributed by atoms with Gasteiger partial charge in [0.25, 0.3) is 0 Å². The van der Waals surface area contributed by atoms with E-state index in [1.165, 1.54) is 11.8 Å². The van der Waals surface area contributed by atoms with Gasteiger partial charge in [-0.1, -0.05) is 121 Å². The Kier molecular flexibility index (Phi) is 17.2. The lowest BCUT2D eigenvalue weighted by molar-refractivity contribution is -0.130. The molecule has 1 fully saturated rings. The predicted octanol–water partition coefficient (Wildman–Crippen LogP) is 6.24. The van der Waals surface area contributed by atoms with Crippen LogP contribution in [0.15, 0.2) is 121 Å². The first kappa shape index (κ1) is 44.7. The standard InChI is InChI=1S/C46H57N5O7S/c1-45(2,3)58-44(55)50-40(34-59-46(36-19-10-5-11-20-36,37-21-12-6-13-22-37)38-23-14-7-15-24-38)42(53)49-39(41(52)47-27-28-51-29-31-56-32-30-51)25-16-26-48-43(54)57-33-35-17-8-4-9-18-35/h4-15,17-24,39-40H,16,25-34H2,1-3H3,(H,47,52)(H,48,54)(H,49,53)(H,50,55)/t39-,40-/m0/s1. The molecular weight excluding hydrogens is 767 g/mol. The zero-order chi connectivity index (χ0) is 41.9. The number of nitrogens with one attached hydrogen (secondary N) is 4. The maximum Gasteiger partial charge on any atom is 0.408 e. The predicted molar refractivity (Wildman–Crippen MR) is 231 cm³/mol. The van der Waals surface area contributed by atoms with Gasteiger partial charge in [-0.2, -0.15) is 0 Å². The lowest BCUT2D eigenvalue weighted by atomic mass is 9.84. The van der Waals surface area contributed by atoms with Crippen LogP contribution in [-0.2, 0) is 35.2 Å². The van der Waals surface area contributed by atoms with Crippen molar-refractivity contribution in [3.63, 3.8) is 0 Å². The molecule has 4 amide bonds. The molecule has 1 aliphatic rings. The number of ether oxygens (including phenoxy) is 3. The Hall–Kier alpha value is -5.37. The molecular formula is C46H57N5O7S. The number of thioether (sulfide) groups is 1. The van der Waals surface area contributed by atoms with Gasteiger partial charge in [0.2, 0.25) is 11.8 Å². The van der Waals surface area contributed by atoms with E-state index in [0.29, 0.717) is 32.7 Å². The molecule has 4 aromatic carbocycles. The average Bonchev–Trinajstić information content (AvgIpc) is 3.25. The molecule has 0 spiro atoms. The number of amides is 4. The fraction of sp³-hybridized carbons (Fsp3) is 0.391. The van der Waals surface area contributed by atoms with Gasteiger partial charge in [-0.25, -0.2) is 9.59 Å². The zero-order valence-corrected chi connectivity index (χ0v) is 35.0. The van der Waals surface area contributed by atoms with E-state index < -0.39 is 40.5 Å². The van der Waals surface area contributed by atoms with Gasteiger partial charge in [0.15, 0.2) is 0 Å². The third-order valence-corrected chi connectivity index (χ3v) is 11.3. The molecule has 0 unspecified atom stereocenters. The van der Waals surface area contributed by atoms with Crippen molar-refractivity contribution < 1.29 is 33.4 Å². The van der Waals surface area contributed by atoms with Crippen molar-refractivity contribution in [1.29, 1.82) is 0 Å². The van der Waals surface area contributed by atoms with Crippen molar-refractivity contribution in [1.82, 2.24) is 26.2 Å². The summed E-state index contributed by atoms with van der Waals surface area (Å²) in [6.07, 6.45) is -0.766. The number of benzene rings is 4. The summed E-state index contributed by atoms with van der Waals surface area (Å²) in [6.45, 7) is 9.42. The van der Waals surface area contributed by atoms with Crippen LogP contribution in [0.25, 0.3) is 0 Å². The SMILES string of the molecule is CC(C)(C)OC(=O)N[C@@H](CSC(c1ccccc1)(c1ccccc1)c1ccccc1)C(=O)N[C@@H](CCCNC(=O)OCc1ccccc1)C(=O)NCCN1CCOCC1. The number of morpholine rings is 1. The number of alkyl carbamates (subject to hydrolysis) is 2. The molecule has 13 heteroatoms. The minimum Gasteiger partial charge on any atom is -0.445 e. The van der Waals surface area contributed by atoms with Gasteiger partial charge >= 0.3 is 12.2 Å². The van der Waals surface area contributed by atoms with Gasteiger partial charge in [0, 0.05) is 38.5 Å². The number of hydrogen-bond acceptors (Lipinski definition) is 9. The fourth-order valence-electron chi connectivity index (χ4n) is 6.71. The molecule has 5 rings (SSSR count). The van der Waals surface area contributed by atoms with Gasteiger partial charge in [-0.15, -0.1) is 11.8 Å². The van der Waals surface area contributed by atoms with Gasteiger partial charge in [0.1, 0.15) is 24.3 Å². The van der Waals surface area contributed by atoms with E-state index in [4.69, 9.17) is 14.2 Å². The number of rotatable bonds is 19. The summed E-state index contributed by atoms with van der Waals surface area (Å²) in [4.78, 5) is 56.3. The zero-order valence-electron chi connectivity index (χ0n) is 34.2. The number of hydrogen-bond donors (Lipinski definition) is 4. The number of carbonyl (C=O) groups excluding carboxylic acids is 4. The van der Waals surface area contributed by atoms with E-state index in [1.807, 2.05) is 84.9 Å². The van der Waals surface area contributed by atoms with Gasteiger partial charge in [-0.3, -0.25) is 14.5 Å².